The van der Waals surface area contributed by atoms with Crippen LogP contribution in [0.25, 0.3) is 0 Å². The van der Waals surface area contributed by atoms with E-state index in [0.717, 1.165) is 39.0 Å². The van der Waals surface area contributed by atoms with E-state index in [1.165, 1.54) is 26.4 Å². The topological polar surface area (TPSA) is 41.6 Å². The highest BCUT2D eigenvalue weighted by Crippen LogP contribution is 2.30. The summed E-state index contributed by atoms with van der Waals surface area (Å²) in [6.45, 7) is 12.9. The highest BCUT2D eigenvalue weighted by Gasteiger charge is 2.34. The Morgan fingerprint density at radius 2 is 2.05 bits per heavy atom. The fourth-order valence-electron chi connectivity index (χ4n) is 2.97. The number of methoxy groups -OCH3 is 1. The molecule has 0 aliphatic carbocycles. The van der Waals surface area contributed by atoms with E-state index < -0.39 is 5.54 Å². The van der Waals surface area contributed by atoms with Crippen molar-refractivity contribution in [3.05, 3.63) is 0 Å². The maximum atomic E-state index is 12.1. The minimum Gasteiger partial charge on any atom is -0.468 e. The van der Waals surface area contributed by atoms with Crippen LogP contribution in [0.4, 0.5) is 0 Å². The van der Waals surface area contributed by atoms with Crippen molar-refractivity contribution in [3.63, 3.8) is 0 Å². The van der Waals surface area contributed by atoms with Crippen LogP contribution >= 0.6 is 0 Å². The van der Waals surface area contributed by atoms with Crippen molar-refractivity contribution in [2.75, 3.05) is 33.3 Å². The van der Waals surface area contributed by atoms with Crippen LogP contribution in [0.5, 0.6) is 0 Å². The number of hydrogen-bond donors (Lipinski definition) is 1. The standard InChI is InChI=1S/C17H34N2O2/c1-6-11-18-17(4,15(20)21-5)10-14-19-12-7-8-16(2,3)9-13-19/h18H,6-14H2,1-5H3. The summed E-state index contributed by atoms with van der Waals surface area (Å²) in [5, 5.41) is 3.37. The lowest BCUT2D eigenvalue weighted by molar-refractivity contribution is -0.148. The van der Waals surface area contributed by atoms with Crippen molar-refractivity contribution in [1.82, 2.24) is 10.2 Å². The van der Waals surface area contributed by atoms with E-state index in [1.807, 2.05) is 6.92 Å². The van der Waals surface area contributed by atoms with Gasteiger partial charge in [0, 0.05) is 6.54 Å². The van der Waals surface area contributed by atoms with E-state index in [1.54, 1.807) is 0 Å². The zero-order chi connectivity index (χ0) is 15.9. The molecule has 1 heterocycles. The van der Waals surface area contributed by atoms with E-state index in [9.17, 15) is 4.79 Å². The molecule has 0 aromatic heterocycles. The number of carbonyl (C=O) groups is 1. The lowest BCUT2D eigenvalue weighted by atomic mass is 9.85. The van der Waals surface area contributed by atoms with Gasteiger partial charge in [-0.05, 0) is 64.1 Å². The summed E-state index contributed by atoms with van der Waals surface area (Å²) in [4.78, 5) is 14.6. The zero-order valence-corrected chi connectivity index (χ0v) is 14.6. The Morgan fingerprint density at radius 3 is 2.67 bits per heavy atom. The number of hydrogen-bond acceptors (Lipinski definition) is 4. The van der Waals surface area contributed by atoms with Gasteiger partial charge in [-0.3, -0.25) is 4.79 Å². The van der Waals surface area contributed by atoms with Crippen molar-refractivity contribution in [1.29, 1.82) is 0 Å². The molecule has 4 heteroatoms. The van der Waals surface area contributed by atoms with Crippen molar-refractivity contribution < 1.29 is 9.53 Å². The normalized spacial score (nSPS) is 22.3. The third-order valence-electron chi connectivity index (χ3n) is 4.76. The second kappa shape index (κ2) is 8.14. The first-order valence-corrected chi connectivity index (χ1v) is 8.39. The molecular formula is C17H34N2O2. The molecule has 4 nitrogen and oxygen atoms in total. The zero-order valence-electron chi connectivity index (χ0n) is 14.6. The lowest BCUT2D eigenvalue weighted by Crippen LogP contribution is -2.52. The molecule has 1 fully saturated rings. The Morgan fingerprint density at radius 1 is 1.33 bits per heavy atom. The summed E-state index contributed by atoms with van der Waals surface area (Å²) in [5.74, 6) is -0.147. The number of carbonyl (C=O) groups excluding carboxylic acids is 1. The molecule has 0 bridgehead atoms. The minimum absolute atomic E-state index is 0.147. The van der Waals surface area contributed by atoms with Gasteiger partial charge in [-0.2, -0.15) is 0 Å². The second-order valence-corrected chi connectivity index (χ2v) is 7.36. The van der Waals surface area contributed by atoms with Gasteiger partial charge in [0.05, 0.1) is 7.11 Å². The van der Waals surface area contributed by atoms with Crippen LogP contribution in [0.3, 0.4) is 0 Å². The summed E-state index contributed by atoms with van der Waals surface area (Å²) in [6.07, 6.45) is 5.62. The van der Waals surface area contributed by atoms with Crippen LogP contribution in [0.2, 0.25) is 0 Å². The Bertz CT molecular complexity index is 331. The molecule has 1 unspecified atom stereocenters. The first-order valence-electron chi connectivity index (χ1n) is 8.39. The Labute approximate surface area is 130 Å². The van der Waals surface area contributed by atoms with E-state index in [2.05, 4.69) is 31.0 Å². The van der Waals surface area contributed by atoms with E-state index in [-0.39, 0.29) is 5.97 Å². The van der Waals surface area contributed by atoms with Gasteiger partial charge in [-0.1, -0.05) is 20.8 Å². The predicted molar refractivity (Wildman–Crippen MR) is 87.4 cm³/mol. The van der Waals surface area contributed by atoms with Crippen LogP contribution in [0.1, 0.15) is 59.8 Å². The molecule has 1 saturated heterocycles. The molecular weight excluding hydrogens is 264 g/mol. The molecule has 21 heavy (non-hydrogen) atoms. The van der Waals surface area contributed by atoms with Crippen molar-refractivity contribution in [2.45, 2.75) is 65.3 Å². The summed E-state index contributed by atoms with van der Waals surface area (Å²) < 4.78 is 4.99. The molecule has 0 aromatic carbocycles. The molecule has 0 aromatic rings. The van der Waals surface area contributed by atoms with Gasteiger partial charge in [0.1, 0.15) is 5.54 Å². The third kappa shape index (κ3) is 5.95. The van der Waals surface area contributed by atoms with Gasteiger partial charge < -0.3 is 15.0 Å². The van der Waals surface area contributed by atoms with Gasteiger partial charge >= 0.3 is 5.97 Å². The van der Waals surface area contributed by atoms with Gasteiger partial charge in [-0.25, -0.2) is 0 Å². The molecule has 0 amide bonds. The van der Waals surface area contributed by atoms with Crippen molar-refractivity contribution >= 4 is 5.97 Å². The van der Waals surface area contributed by atoms with E-state index in [4.69, 9.17) is 4.74 Å². The van der Waals surface area contributed by atoms with Gasteiger partial charge in [-0.15, -0.1) is 0 Å². The van der Waals surface area contributed by atoms with E-state index in [0.29, 0.717) is 5.41 Å². The number of nitrogens with one attached hydrogen (secondary N) is 1. The molecule has 1 aliphatic rings. The smallest absolute Gasteiger partial charge is 0.325 e. The van der Waals surface area contributed by atoms with Crippen molar-refractivity contribution in [3.8, 4) is 0 Å². The van der Waals surface area contributed by atoms with Gasteiger partial charge in [0.2, 0.25) is 0 Å². The summed E-state index contributed by atoms with van der Waals surface area (Å²) >= 11 is 0. The SMILES string of the molecule is CCCNC(C)(CCN1CCCC(C)(C)CC1)C(=O)OC. The highest BCUT2D eigenvalue weighted by atomic mass is 16.5. The fourth-order valence-corrected chi connectivity index (χ4v) is 2.97. The largest absolute Gasteiger partial charge is 0.468 e. The molecule has 124 valence electrons. The van der Waals surface area contributed by atoms with Crippen molar-refractivity contribution in [2.24, 2.45) is 5.41 Å². The number of ether oxygens (including phenoxy) is 1. The third-order valence-corrected chi connectivity index (χ3v) is 4.76. The van der Waals surface area contributed by atoms with Gasteiger partial charge in [0.15, 0.2) is 0 Å². The van der Waals surface area contributed by atoms with Gasteiger partial charge in [0.25, 0.3) is 0 Å². The first kappa shape index (κ1) is 18.4. The number of nitrogens with zero attached hydrogens (tertiary/aromatic N) is 1. The minimum atomic E-state index is -0.563. The molecule has 1 aliphatic heterocycles. The van der Waals surface area contributed by atoms with Crippen LogP contribution < -0.4 is 5.32 Å². The van der Waals surface area contributed by atoms with Crippen LogP contribution in [-0.2, 0) is 9.53 Å². The number of rotatable bonds is 7. The molecule has 0 radical (unpaired) electrons. The Hall–Kier alpha value is -0.610. The second-order valence-electron chi connectivity index (χ2n) is 7.36. The summed E-state index contributed by atoms with van der Waals surface area (Å²) in [7, 11) is 1.47. The van der Waals surface area contributed by atoms with E-state index >= 15 is 0 Å². The fraction of sp³-hybridized carbons (Fsp3) is 0.941. The predicted octanol–water partition coefficient (Wildman–Crippen LogP) is 2.82. The Kier molecular flexibility index (Phi) is 7.14. The first-order chi connectivity index (χ1) is 9.83. The van der Waals surface area contributed by atoms with Crippen LogP contribution in [0.15, 0.2) is 0 Å². The summed E-state index contributed by atoms with van der Waals surface area (Å²) in [6, 6.07) is 0. The molecule has 1 atom stereocenters. The molecule has 1 N–H and O–H groups in total. The molecule has 0 saturated carbocycles. The average Bonchev–Trinajstić information content (AvgIpc) is 2.63. The maximum absolute atomic E-state index is 12.1. The summed E-state index contributed by atoms with van der Waals surface area (Å²) in [5.41, 5.74) is -0.104. The maximum Gasteiger partial charge on any atom is 0.325 e. The number of esters is 1. The van der Waals surface area contributed by atoms with Crippen LogP contribution in [0, 0.1) is 5.41 Å². The highest BCUT2D eigenvalue weighted by molar-refractivity contribution is 5.80. The molecule has 1 rings (SSSR count). The quantitative estimate of drug-likeness (QED) is 0.734. The Balaban J connectivity index is 2.54. The number of likely N-dealkylation sites (tertiary alicyclic amines) is 1. The average molecular weight is 298 g/mol. The monoisotopic (exact) mass is 298 g/mol. The molecule has 0 spiro atoms. The van der Waals surface area contributed by atoms with Crippen LogP contribution in [-0.4, -0.2) is 49.7 Å². The lowest BCUT2D eigenvalue weighted by Gasteiger charge is -2.31.